The van der Waals surface area contributed by atoms with Gasteiger partial charge in [0.15, 0.2) is 5.69 Å². The molecule has 14 heavy (non-hydrogen) atoms. The number of carbonyl (C=O) groups is 1. The maximum atomic E-state index is 10.6. The normalized spacial score (nSPS) is 12.5. The number of hydrogen-bond donors (Lipinski definition) is 3. The van der Waals surface area contributed by atoms with E-state index in [1.807, 2.05) is 0 Å². The molecule has 1 aromatic rings. The van der Waals surface area contributed by atoms with Crippen molar-refractivity contribution in [2.75, 3.05) is 6.54 Å². The maximum Gasteiger partial charge on any atom is 0.356 e. The third-order valence-corrected chi connectivity index (χ3v) is 2.04. The van der Waals surface area contributed by atoms with E-state index in [1.165, 1.54) is 12.3 Å². The molecule has 0 aliphatic rings. The van der Waals surface area contributed by atoms with Crippen molar-refractivity contribution in [3.8, 4) is 0 Å². The Labute approximate surface area is 85.7 Å². The summed E-state index contributed by atoms with van der Waals surface area (Å²) in [5, 5.41) is 8.72. The Bertz CT molecular complexity index is 356. The lowest BCUT2D eigenvalue weighted by Crippen LogP contribution is -2.21. The van der Waals surface area contributed by atoms with Crippen molar-refractivity contribution in [2.24, 2.45) is 11.5 Å². The number of aromatic carboxylic acids is 1. The Hall–Kier alpha value is -1.17. The van der Waals surface area contributed by atoms with Crippen LogP contribution in [0, 0.1) is 0 Å². The fraction of sp³-hybridized carbons (Fsp3) is 0.250. The van der Waals surface area contributed by atoms with E-state index in [0.717, 1.165) is 0 Å². The molecule has 76 valence electrons. The summed E-state index contributed by atoms with van der Waals surface area (Å²) in [6, 6.07) is 1.10. The molecule has 0 bridgehead atoms. The number of halogens is 1. The van der Waals surface area contributed by atoms with Crippen molar-refractivity contribution in [1.29, 1.82) is 0 Å². The molecule has 0 amide bonds. The van der Waals surface area contributed by atoms with Crippen molar-refractivity contribution in [3.05, 3.63) is 28.5 Å². The minimum atomic E-state index is -1.16. The molecule has 0 saturated carbocycles. The van der Waals surface area contributed by atoms with Gasteiger partial charge in [-0.2, -0.15) is 0 Å². The Balaban J connectivity index is 3.06. The van der Waals surface area contributed by atoms with E-state index in [0.29, 0.717) is 5.56 Å². The number of rotatable bonds is 3. The number of nitrogens with zero attached hydrogens (tertiary/aromatic N) is 1. The highest BCUT2D eigenvalue weighted by atomic mass is 35.5. The summed E-state index contributed by atoms with van der Waals surface area (Å²) in [6.45, 7) is 0.254. The highest BCUT2D eigenvalue weighted by Crippen LogP contribution is 2.18. The van der Waals surface area contributed by atoms with E-state index >= 15 is 0 Å². The first-order chi connectivity index (χ1) is 6.56. The van der Waals surface area contributed by atoms with Gasteiger partial charge in [-0.25, -0.2) is 9.78 Å². The maximum absolute atomic E-state index is 10.6. The molecule has 0 unspecified atom stereocenters. The molecular formula is C8H10ClN3O2. The van der Waals surface area contributed by atoms with Crippen LogP contribution < -0.4 is 11.5 Å². The zero-order chi connectivity index (χ0) is 10.7. The number of nitrogens with two attached hydrogens (primary N) is 2. The number of carboxylic acids is 1. The molecule has 5 nitrogen and oxygen atoms in total. The molecule has 0 radical (unpaired) electrons. The lowest BCUT2D eigenvalue weighted by molar-refractivity contribution is 0.0690. The lowest BCUT2D eigenvalue weighted by atomic mass is 10.1. The first-order valence-corrected chi connectivity index (χ1v) is 4.28. The fourth-order valence-corrected chi connectivity index (χ4v) is 1.20. The summed E-state index contributed by atoms with van der Waals surface area (Å²) in [5.41, 5.74) is 11.4. The van der Waals surface area contributed by atoms with Gasteiger partial charge in [-0.1, -0.05) is 11.6 Å². The van der Waals surface area contributed by atoms with Gasteiger partial charge in [-0.15, -0.1) is 0 Å². The molecule has 1 atom stereocenters. The van der Waals surface area contributed by atoms with Crippen LogP contribution in [0.2, 0.25) is 5.02 Å². The summed E-state index contributed by atoms with van der Waals surface area (Å²) in [4.78, 5) is 14.2. The highest BCUT2D eigenvalue weighted by molar-refractivity contribution is 6.33. The molecular weight excluding hydrogens is 206 g/mol. The predicted molar refractivity (Wildman–Crippen MR) is 52.2 cm³/mol. The van der Waals surface area contributed by atoms with E-state index in [4.69, 9.17) is 28.2 Å². The van der Waals surface area contributed by atoms with Crippen LogP contribution in [0.5, 0.6) is 0 Å². The molecule has 5 N–H and O–H groups in total. The average molecular weight is 216 g/mol. The average Bonchev–Trinajstić information content (AvgIpc) is 2.15. The van der Waals surface area contributed by atoms with Gasteiger partial charge in [-0.3, -0.25) is 0 Å². The van der Waals surface area contributed by atoms with E-state index in [9.17, 15) is 4.79 Å². The monoisotopic (exact) mass is 215 g/mol. The summed E-state index contributed by atoms with van der Waals surface area (Å²) < 4.78 is 0. The zero-order valence-electron chi connectivity index (χ0n) is 7.27. The van der Waals surface area contributed by atoms with Gasteiger partial charge in [0, 0.05) is 18.8 Å². The number of aromatic nitrogens is 1. The summed E-state index contributed by atoms with van der Waals surface area (Å²) in [7, 11) is 0. The number of pyridine rings is 1. The lowest BCUT2D eigenvalue weighted by Gasteiger charge is -2.09. The molecule has 1 rings (SSSR count). The topological polar surface area (TPSA) is 102 Å². The van der Waals surface area contributed by atoms with Crippen molar-refractivity contribution < 1.29 is 9.90 Å². The zero-order valence-corrected chi connectivity index (χ0v) is 8.03. The van der Waals surface area contributed by atoms with Crippen molar-refractivity contribution in [3.63, 3.8) is 0 Å². The summed E-state index contributed by atoms with van der Waals surface area (Å²) in [6.07, 6.45) is 1.37. The fourth-order valence-electron chi connectivity index (χ4n) is 0.949. The molecule has 0 saturated heterocycles. The molecule has 0 aliphatic heterocycles. The Morgan fingerprint density at radius 3 is 2.79 bits per heavy atom. The van der Waals surface area contributed by atoms with Crippen LogP contribution >= 0.6 is 11.6 Å². The second kappa shape index (κ2) is 4.36. The van der Waals surface area contributed by atoms with Crippen LogP contribution in [-0.2, 0) is 0 Å². The van der Waals surface area contributed by atoms with Gasteiger partial charge in [0.2, 0.25) is 0 Å². The second-order valence-electron chi connectivity index (χ2n) is 2.75. The van der Waals surface area contributed by atoms with Crippen LogP contribution in [0.15, 0.2) is 12.3 Å². The molecule has 1 aromatic heterocycles. The van der Waals surface area contributed by atoms with Crippen molar-refractivity contribution in [2.45, 2.75) is 6.04 Å². The third kappa shape index (κ3) is 2.20. The Kier molecular flexibility index (Phi) is 3.40. The number of hydrogen-bond acceptors (Lipinski definition) is 4. The summed E-state index contributed by atoms with van der Waals surface area (Å²) >= 11 is 5.69. The SMILES string of the molecule is NC[C@H](N)c1cnc(C(=O)O)c(Cl)c1. The van der Waals surface area contributed by atoms with E-state index < -0.39 is 5.97 Å². The molecule has 0 fully saturated rings. The molecule has 6 heteroatoms. The van der Waals surface area contributed by atoms with Crippen LogP contribution in [0.25, 0.3) is 0 Å². The Morgan fingerprint density at radius 1 is 1.71 bits per heavy atom. The van der Waals surface area contributed by atoms with E-state index in [-0.39, 0.29) is 23.3 Å². The van der Waals surface area contributed by atoms with Crippen LogP contribution in [0.1, 0.15) is 22.1 Å². The van der Waals surface area contributed by atoms with Gasteiger partial charge >= 0.3 is 5.97 Å². The minimum absolute atomic E-state index is 0.0684. The predicted octanol–water partition coefficient (Wildman–Crippen LogP) is 0.392. The van der Waals surface area contributed by atoms with Crippen LogP contribution in [-0.4, -0.2) is 22.6 Å². The molecule has 0 aromatic carbocycles. The van der Waals surface area contributed by atoms with Gasteiger partial charge in [-0.05, 0) is 11.6 Å². The standard InChI is InChI=1S/C8H10ClN3O2/c9-5-1-4(6(11)2-10)3-12-7(5)8(13)14/h1,3,6H,2,10-11H2,(H,13,14)/t6-/m0/s1. The van der Waals surface area contributed by atoms with Crippen molar-refractivity contribution >= 4 is 17.6 Å². The highest BCUT2D eigenvalue weighted by Gasteiger charge is 2.12. The summed E-state index contributed by atoms with van der Waals surface area (Å²) in [5.74, 6) is -1.16. The number of carboxylic acid groups (broad SMARTS) is 1. The van der Waals surface area contributed by atoms with E-state index in [2.05, 4.69) is 4.98 Å². The van der Waals surface area contributed by atoms with Gasteiger partial charge in [0.25, 0.3) is 0 Å². The quantitative estimate of drug-likeness (QED) is 0.677. The molecule has 1 heterocycles. The van der Waals surface area contributed by atoms with E-state index in [1.54, 1.807) is 0 Å². The Morgan fingerprint density at radius 2 is 2.36 bits per heavy atom. The first-order valence-electron chi connectivity index (χ1n) is 3.90. The molecule has 0 spiro atoms. The largest absolute Gasteiger partial charge is 0.476 e. The minimum Gasteiger partial charge on any atom is -0.476 e. The molecule has 0 aliphatic carbocycles. The van der Waals surface area contributed by atoms with Gasteiger partial charge in [0.05, 0.1) is 5.02 Å². The van der Waals surface area contributed by atoms with Gasteiger partial charge < -0.3 is 16.6 Å². The van der Waals surface area contributed by atoms with Crippen LogP contribution in [0.4, 0.5) is 0 Å². The first kappa shape index (κ1) is 10.9. The second-order valence-corrected chi connectivity index (χ2v) is 3.15. The third-order valence-electron chi connectivity index (χ3n) is 1.75. The smallest absolute Gasteiger partial charge is 0.356 e. The van der Waals surface area contributed by atoms with Crippen molar-refractivity contribution in [1.82, 2.24) is 4.98 Å². The van der Waals surface area contributed by atoms with Gasteiger partial charge in [0.1, 0.15) is 0 Å². The van der Waals surface area contributed by atoms with Crippen LogP contribution in [0.3, 0.4) is 0 Å².